The molecule has 0 radical (unpaired) electrons. The third-order valence-corrected chi connectivity index (χ3v) is 5.99. The highest BCUT2D eigenvalue weighted by atomic mass is 32.2. The number of hydrogen-bond donors (Lipinski definition) is 2. The van der Waals surface area contributed by atoms with Crippen molar-refractivity contribution in [3.05, 3.63) is 53.3 Å². The second-order valence-electron chi connectivity index (χ2n) is 6.45. The summed E-state index contributed by atoms with van der Waals surface area (Å²) in [6, 6.07) is 9.06. The first-order valence-electron chi connectivity index (χ1n) is 8.14. The molecule has 1 aliphatic heterocycles. The van der Waals surface area contributed by atoms with Crippen molar-refractivity contribution >= 4 is 27.1 Å². The second-order valence-corrected chi connectivity index (χ2v) is 8.68. The van der Waals surface area contributed by atoms with Crippen LogP contribution in [0.25, 0.3) is 0 Å². The Bertz CT molecular complexity index is 910. The molecule has 0 bridgehead atoms. The zero-order valence-electron chi connectivity index (χ0n) is 14.2. The number of anilines is 2. The number of carbonyl (C=O) groups excluding carboxylic acids is 1. The van der Waals surface area contributed by atoms with Gasteiger partial charge in [0.2, 0.25) is 0 Å². The molecule has 0 aliphatic carbocycles. The Morgan fingerprint density at radius 2 is 2.00 bits per heavy atom. The summed E-state index contributed by atoms with van der Waals surface area (Å²) in [6.45, 7) is 3.94. The first kappa shape index (κ1) is 17.4. The van der Waals surface area contributed by atoms with Crippen molar-refractivity contribution in [2.24, 2.45) is 0 Å². The Hall–Kier alpha value is -2.41. The summed E-state index contributed by atoms with van der Waals surface area (Å²) in [4.78, 5) is 16.6. The molecule has 1 fully saturated rings. The van der Waals surface area contributed by atoms with Gasteiger partial charge in [-0.05, 0) is 44.0 Å². The smallest absolute Gasteiger partial charge is 0.274 e. The monoisotopic (exact) mass is 359 g/mol. The minimum atomic E-state index is -2.95. The van der Waals surface area contributed by atoms with Crippen LogP contribution < -0.4 is 10.6 Å². The normalized spacial score (nSPS) is 18.7. The predicted octanol–water partition coefficient (Wildman–Crippen LogP) is 2.55. The quantitative estimate of drug-likeness (QED) is 0.876. The van der Waals surface area contributed by atoms with Crippen molar-refractivity contribution in [3.8, 4) is 0 Å². The fourth-order valence-corrected chi connectivity index (χ4v) is 4.60. The summed E-state index contributed by atoms with van der Waals surface area (Å²) in [5.74, 6) is 0.0320. The molecule has 132 valence electrons. The number of aromatic nitrogens is 1. The van der Waals surface area contributed by atoms with E-state index in [0.717, 1.165) is 16.8 Å². The van der Waals surface area contributed by atoms with Gasteiger partial charge < -0.3 is 10.6 Å². The predicted molar refractivity (Wildman–Crippen MR) is 98.8 cm³/mol. The molecule has 1 aliphatic rings. The molecule has 1 atom stereocenters. The molecule has 1 unspecified atom stereocenters. The zero-order valence-corrected chi connectivity index (χ0v) is 15.1. The number of nitrogens with zero attached hydrogens (tertiary/aromatic N) is 1. The molecule has 25 heavy (non-hydrogen) atoms. The van der Waals surface area contributed by atoms with Gasteiger partial charge in [-0.1, -0.05) is 17.7 Å². The lowest BCUT2D eigenvalue weighted by Crippen LogP contribution is -2.21. The van der Waals surface area contributed by atoms with Crippen LogP contribution in [0.5, 0.6) is 0 Å². The Kier molecular flexibility index (Phi) is 4.76. The van der Waals surface area contributed by atoms with E-state index in [-0.39, 0.29) is 29.1 Å². The average molecular weight is 359 g/mol. The topological polar surface area (TPSA) is 88.2 Å². The van der Waals surface area contributed by atoms with Crippen LogP contribution in [-0.2, 0) is 9.84 Å². The lowest BCUT2D eigenvalue weighted by molar-refractivity contribution is 0.102. The van der Waals surface area contributed by atoms with Crippen LogP contribution in [-0.4, -0.2) is 36.9 Å². The molecule has 6 nitrogen and oxygen atoms in total. The summed E-state index contributed by atoms with van der Waals surface area (Å²) in [5.41, 5.74) is 3.84. The fourth-order valence-electron chi connectivity index (χ4n) is 2.93. The minimum absolute atomic E-state index is 0.123. The number of carbonyl (C=O) groups is 1. The van der Waals surface area contributed by atoms with Crippen LogP contribution in [0.2, 0.25) is 0 Å². The van der Waals surface area contributed by atoms with Crippen LogP contribution >= 0.6 is 0 Å². The summed E-state index contributed by atoms with van der Waals surface area (Å²) in [5, 5.41) is 6.04. The minimum Gasteiger partial charge on any atom is -0.381 e. The van der Waals surface area contributed by atoms with Gasteiger partial charge in [0.05, 0.1) is 11.5 Å². The van der Waals surface area contributed by atoms with E-state index in [1.807, 2.05) is 32.0 Å². The average Bonchev–Trinajstić information content (AvgIpc) is 2.89. The summed E-state index contributed by atoms with van der Waals surface area (Å²) < 4.78 is 23.1. The van der Waals surface area contributed by atoms with E-state index in [1.165, 1.54) is 0 Å². The van der Waals surface area contributed by atoms with E-state index in [2.05, 4.69) is 15.6 Å². The first-order chi connectivity index (χ1) is 11.8. The van der Waals surface area contributed by atoms with E-state index in [0.29, 0.717) is 12.1 Å². The van der Waals surface area contributed by atoms with E-state index >= 15 is 0 Å². The fraction of sp³-hybridized carbons (Fsp3) is 0.333. The Labute approximate surface area is 147 Å². The number of hydrogen-bond acceptors (Lipinski definition) is 5. The van der Waals surface area contributed by atoms with Crippen molar-refractivity contribution < 1.29 is 13.2 Å². The van der Waals surface area contributed by atoms with Gasteiger partial charge >= 0.3 is 0 Å². The van der Waals surface area contributed by atoms with Crippen molar-refractivity contribution in [2.75, 3.05) is 22.1 Å². The molecule has 1 aromatic carbocycles. The van der Waals surface area contributed by atoms with Gasteiger partial charge in [-0.25, -0.2) is 8.42 Å². The number of amides is 1. The molecule has 2 aromatic rings. The van der Waals surface area contributed by atoms with E-state index in [1.54, 1.807) is 18.3 Å². The first-order valence-corrected chi connectivity index (χ1v) is 9.96. The van der Waals surface area contributed by atoms with Gasteiger partial charge in [0.25, 0.3) is 5.91 Å². The largest absolute Gasteiger partial charge is 0.381 e. The third-order valence-electron chi connectivity index (χ3n) is 4.23. The Morgan fingerprint density at radius 3 is 2.68 bits per heavy atom. The van der Waals surface area contributed by atoms with E-state index in [9.17, 15) is 13.2 Å². The highest BCUT2D eigenvalue weighted by Crippen LogP contribution is 2.19. The van der Waals surface area contributed by atoms with Gasteiger partial charge in [0.1, 0.15) is 5.69 Å². The summed E-state index contributed by atoms with van der Waals surface area (Å²) in [6.07, 6.45) is 2.12. The molecular weight excluding hydrogens is 338 g/mol. The molecule has 1 aromatic heterocycles. The molecule has 1 amide bonds. The van der Waals surface area contributed by atoms with Crippen molar-refractivity contribution in [1.29, 1.82) is 0 Å². The summed E-state index contributed by atoms with van der Waals surface area (Å²) in [7, 11) is -2.95. The van der Waals surface area contributed by atoms with Crippen LogP contribution in [0, 0.1) is 13.8 Å². The maximum absolute atomic E-state index is 12.4. The number of pyridine rings is 1. The highest BCUT2D eigenvalue weighted by Gasteiger charge is 2.27. The van der Waals surface area contributed by atoms with E-state index < -0.39 is 9.84 Å². The number of aryl methyl sites for hydroxylation is 2. The van der Waals surface area contributed by atoms with Gasteiger partial charge in [-0.2, -0.15) is 0 Å². The van der Waals surface area contributed by atoms with E-state index in [4.69, 9.17) is 0 Å². The van der Waals surface area contributed by atoms with Crippen LogP contribution in [0.1, 0.15) is 28.0 Å². The van der Waals surface area contributed by atoms with Gasteiger partial charge in [0.15, 0.2) is 9.84 Å². The van der Waals surface area contributed by atoms with Crippen molar-refractivity contribution in [1.82, 2.24) is 4.98 Å². The second kappa shape index (κ2) is 6.84. The van der Waals surface area contributed by atoms with Gasteiger partial charge in [0, 0.05) is 23.6 Å². The van der Waals surface area contributed by atoms with Crippen LogP contribution in [0.4, 0.5) is 11.4 Å². The molecule has 0 saturated carbocycles. The lowest BCUT2D eigenvalue weighted by atomic mass is 10.1. The SMILES string of the molecule is Cc1ccc(NC(=O)c2cc(NC3CCS(=O)(=O)C3)ccn2)c(C)c1. The summed E-state index contributed by atoms with van der Waals surface area (Å²) >= 11 is 0. The maximum atomic E-state index is 12.4. The number of nitrogens with one attached hydrogen (secondary N) is 2. The van der Waals surface area contributed by atoms with Crippen molar-refractivity contribution in [2.45, 2.75) is 26.3 Å². The highest BCUT2D eigenvalue weighted by molar-refractivity contribution is 7.91. The Morgan fingerprint density at radius 1 is 1.20 bits per heavy atom. The van der Waals surface area contributed by atoms with Crippen LogP contribution in [0.3, 0.4) is 0 Å². The molecule has 0 spiro atoms. The Balaban J connectivity index is 1.71. The van der Waals surface area contributed by atoms with Crippen LogP contribution in [0.15, 0.2) is 36.5 Å². The van der Waals surface area contributed by atoms with Gasteiger partial charge in [-0.15, -0.1) is 0 Å². The molecule has 2 heterocycles. The molecule has 7 heteroatoms. The zero-order chi connectivity index (χ0) is 18.0. The number of rotatable bonds is 4. The molecular formula is C18H21N3O3S. The third kappa shape index (κ3) is 4.36. The number of sulfone groups is 1. The molecule has 3 rings (SSSR count). The molecule has 1 saturated heterocycles. The lowest BCUT2D eigenvalue weighted by Gasteiger charge is -2.13. The molecule has 2 N–H and O–H groups in total. The number of benzene rings is 1. The standard InChI is InChI=1S/C18H21N3O3S/c1-12-3-4-16(13(2)9-12)21-18(22)17-10-14(5-7-19-17)20-15-6-8-25(23,24)11-15/h3-5,7,9-10,15H,6,8,11H2,1-2H3,(H,19,20)(H,21,22). The van der Waals surface area contributed by atoms with Gasteiger partial charge in [-0.3, -0.25) is 9.78 Å². The maximum Gasteiger partial charge on any atom is 0.274 e. The van der Waals surface area contributed by atoms with Crippen molar-refractivity contribution in [3.63, 3.8) is 0 Å².